The largest absolute Gasteiger partial charge is 0.484 e. The normalized spacial score (nSPS) is 13.6. The number of carbonyl (C=O) groups excluding carboxylic acids is 1. The van der Waals surface area contributed by atoms with Crippen molar-refractivity contribution in [2.75, 3.05) is 6.61 Å². The van der Waals surface area contributed by atoms with Crippen LogP contribution in [0.25, 0.3) is 0 Å². The zero-order chi connectivity index (χ0) is 16.0. The van der Waals surface area contributed by atoms with Crippen LogP contribution in [0.3, 0.4) is 0 Å². The van der Waals surface area contributed by atoms with Crippen molar-refractivity contribution in [2.45, 2.75) is 32.7 Å². The summed E-state index contributed by atoms with van der Waals surface area (Å²) < 4.78 is 6.25. The molecule has 0 heterocycles. The molecule has 1 unspecified atom stereocenters. The molecule has 5 nitrogen and oxygen atoms in total. The average molecular weight is 358 g/mol. The van der Waals surface area contributed by atoms with Gasteiger partial charge in [-0.1, -0.05) is 35.8 Å². The van der Waals surface area contributed by atoms with Crippen molar-refractivity contribution in [3.05, 3.63) is 28.7 Å². The first-order valence-electron chi connectivity index (χ1n) is 6.64. The van der Waals surface area contributed by atoms with E-state index in [4.69, 9.17) is 9.84 Å². The Morgan fingerprint density at radius 1 is 1.43 bits per heavy atom. The van der Waals surface area contributed by atoms with E-state index in [1.54, 1.807) is 25.1 Å². The molecule has 1 atom stereocenters. The molecule has 0 aliphatic carbocycles. The number of halogens is 1. The van der Waals surface area contributed by atoms with Crippen molar-refractivity contribution in [3.8, 4) is 5.75 Å². The summed E-state index contributed by atoms with van der Waals surface area (Å²) in [4.78, 5) is 22.9. The summed E-state index contributed by atoms with van der Waals surface area (Å²) in [6.07, 6.45) is -0.132. The van der Waals surface area contributed by atoms with Gasteiger partial charge in [0.15, 0.2) is 6.61 Å². The maximum Gasteiger partial charge on any atom is 0.305 e. The molecule has 0 bridgehead atoms. The Morgan fingerprint density at radius 3 is 2.62 bits per heavy atom. The molecule has 116 valence electrons. The second-order valence-electron chi connectivity index (χ2n) is 5.44. The van der Waals surface area contributed by atoms with Gasteiger partial charge in [0, 0.05) is 4.47 Å². The highest BCUT2D eigenvalue weighted by Gasteiger charge is 2.32. The summed E-state index contributed by atoms with van der Waals surface area (Å²) in [5.74, 6) is -0.723. The second kappa shape index (κ2) is 7.45. The predicted molar refractivity (Wildman–Crippen MR) is 83.3 cm³/mol. The van der Waals surface area contributed by atoms with Crippen molar-refractivity contribution in [1.29, 1.82) is 0 Å². The van der Waals surface area contributed by atoms with E-state index in [0.29, 0.717) is 5.75 Å². The van der Waals surface area contributed by atoms with Crippen LogP contribution in [0.1, 0.15) is 27.2 Å². The van der Waals surface area contributed by atoms with E-state index in [-0.39, 0.29) is 24.9 Å². The van der Waals surface area contributed by atoms with Gasteiger partial charge in [0.25, 0.3) is 5.91 Å². The number of carboxylic acid groups (broad SMARTS) is 1. The Balaban J connectivity index is 2.60. The molecule has 1 aromatic rings. The number of carbonyl (C=O) groups is 2. The van der Waals surface area contributed by atoms with Gasteiger partial charge in [-0.3, -0.25) is 9.59 Å². The van der Waals surface area contributed by atoms with E-state index in [1.165, 1.54) is 0 Å². The molecule has 0 aromatic heterocycles. The second-order valence-corrected chi connectivity index (χ2v) is 6.35. The predicted octanol–water partition coefficient (Wildman–Crippen LogP) is 2.83. The summed E-state index contributed by atoms with van der Waals surface area (Å²) in [6, 6.07) is 7.17. The molecule has 1 aromatic carbocycles. The fourth-order valence-electron chi connectivity index (χ4n) is 1.77. The van der Waals surface area contributed by atoms with Crippen LogP contribution in [0, 0.1) is 5.92 Å². The Hall–Kier alpha value is -1.56. The van der Waals surface area contributed by atoms with Crippen LogP contribution in [-0.4, -0.2) is 29.1 Å². The number of aliphatic carboxylic acids is 1. The summed E-state index contributed by atoms with van der Waals surface area (Å²) in [6.45, 7) is 5.32. The van der Waals surface area contributed by atoms with E-state index in [0.717, 1.165) is 4.47 Å². The molecular weight excluding hydrogens is 338 g/mol. The fraction of sp³-hybridized carbons (Fsp3) is 0.467. The van der Waals surface area contributed by atoms with E-state index >= 15 is 0 Å². The van der Waals surface area contributed by atoms with Crippen molar-refractivity contribution in [1.82, 2.24) is 5.32 Å². The first-order valence-corrected chi connectivity index (χ1v) is 7.43. The Labute approximate surface area is 132 Å². The van der Waals surface area contributed by atoms with Crippen molar-refractivity contribution < 1.29 is 19.4 Å². The van der Waals surface area contributed by atoms with Gasteiger partial charge >= 0.3 is 5.97 Å². The van der Waals surface area contributed by atoms with E-state index < -0.39 is 11.5 Å². The van der Waals surface area contributed by atoms with Gasteiger partial charge in [-0.25, -0.2) is 0 Å². The molecule has 21 heavy (non-hydrogen) atoms. The molecule has 1 rings (SSSR count). The van der Waals surface area contributed by atoms with Crippen molar-refractivity contribution in [2.24, 2.45) is 5.92 Å². The fourth-order valence-corrected chi connectivity index (χ4v) is 2.15. The smallest absolute Gasteiger partial charge is 0.305 e. The molecular formula is C15H20BrNO4. The lowest BCUT2D eigenvalue weighted by atomic mass is 9.85. The van der Waals surface area contributed by atoms with Crippen molar-refractivity contribution >= 4 is 27.8 Å². The number of nitrogens with one attached hydrogen (secondary N) is 1. The molecule has 0 saturated heterocycles. The monoisotopic (exact) mass is 357 g/mol. The quantitative estimate of drug-likeness (QED) is 0.786. The number of carboxylic acids is 1. The lowest BCUT2D eigenvalue weighted by Crippen LogP contribution is -2.52. The van der Waals surface area contributed by atoms with Gasteiger partial charge < -0.3 is 15.2 Å². The SMILES string of the molecule is CC(C)C(C)(CC(=O)O)NC(=O)COc1cccc(Br)c1. The number of amides is 1. The summed E-state index contributed by atoms with van der Waals surface area (Å²) >= 11 is 3.32. The third-order valence-corrected chi connectivity index (χ3v) is 3.88. The van der Waals surface area contributed by atoms with Gasteiger partial charge in [-0.05, 0) is 31.0 Å². The Kier molecular flexibility index (Phi) is 6.20. The third kappa shape index (κ3) is 5.75. The highest BCUT2D eigenvalue weighted by atomic mass is 79.9. The Morgan fingerprint density at radius 2 is 2.10 bits per heavy atom. The number of hydrogen-bond acceptors (Lipinski definition) is 3. The highest BCUT2D eigenvalue weighted by molar-refractivity contribution is 9.10. The van der Waals surface area contributed by atoms with Gasteiger partial charge in [0.05, 0.1) is 12.0 Å². The van der Waals surface area contributed by atoms with Crippen molar-refractivity contribution in [3.63, 3.8) is 0 Å². The van der Waals surface area contributed by atoms with Crippen LogP contribution in [0.2, 0.25) is 0 Å². The molecule has 0 fully saturated rings. The maximum absolute atomic E-state index is 12.0. The lowest BCUT2D eigenvalue weighted by Gasteiger charge is -2.33. The minimum absolute atomic E-state index is 0.0107. The standard InChI is InChI=1S/C15H20BrNO4/c1-10(2)15(3,8-14(19)20)17-13(18)9-21-12-6-4-5-11(16)7-12/h4-7,10H,8-9H2,1-3H3,(H,17,18)(H,19,20). The molecule has 0 aliphatic heterocycles. The summed E-state index contributed by atoms with van der Waals surface area (Å²) in [5, 5.41) is 11.7. The number of ether oxygens (including phenoxy) is 1. The topological polar surface area (TPSA) is 75.6 Å². The summed E-state index contributed by atoms with van der Waals surface area (Å²) in [7, 11) is 0. The van der Waals surface area contributed by atoms with Gasteiger partial charge in [-0.15, -0.1) is 0 Å². The van der Waals surface area contributed by atoms with Crippen LogP contribution >= 0.6 is 15.9 Å². The lowest BCUT2D eigenvalue weighted by molar-refractivity contribution is -0.139. The highest BCUT2D eigenvalue weighted by Crippen LogP contribution is 2.21. The van der Waals surface area contributed by atoms with Crippen LogP contribution in [0.15, 0.2) is 28.7 Å². The van der Waals surface area contributed by atoms with Gasteiger partial charge in [-0.2, -0.15) is 0 Å². The maximum atomic E-state index is 12.0. The molecule has 0 aliphatic rings. The minimum atomic E-state index is -0.945. The zero-order valence-corrected chi connectivity index (χ0v) is 13.9. The minimum Gasteiger partial charge on any atom is -0.484 e. The van der Waals surface area contributed by atoms with E-state index in [9.17, 15) is 9.59 Å². The first kappa shape index (κ1) is 17.5. The first-order chi connectivity index (χ1) is 9.73. The molecule has 0 spiro atoms. The third-order valence-electron chi connectivity index (χ3n) is 3.38. The van der Waals surface area contributed by atoms with Crippen LogP contribution in [0.5, 0.6) is 5.75 Å². The molecule has 0 saturated carbocycles. The average Bonchev–Trinajstić information content (AvgIpc) is 2.35. The zero-order valence-electron chi connectivity index (χ0n) is 12.4. The number of hydrogen-bond donors (Lipinski definition) is 2. The molecule has 1 amide bonds. The van der Waals surface area contributed by atoms with Crippen LogP contribution in [0.4, 0.5) is 0 Å². The Bertz CT molecular complexity index is 518. The van der Waals surface area contributed by atoms with E-state index in [2.05, 4.69) is 21.2 Å². The number of benzene rings is 1. The number of rotatable bonds is 7. The van der Waals surface area contributed by atoms with E-state index in [1.807, 2.05) is 19.9 Å². The van der Waals surface area contributed by atoms with Gasteiger partial charge in [0.2, 0.25) is 0 Å². The van der Waals surface area contributed by atoms with Crippen LogP contribution < -0.4 is 10.1 Å². The molecule has 6 heteroatoms. The summed E-state index contributed by atoms with van der Waals surface area (Å²) in [5.41, 5.74) is -0.802. The molecule has 2 N–H and O–H groups in total. The van der Waals surface area contributed by atoms with Gasteiger partial charge in [0.1, 0.15) is 5.75 Å². The van der Waals surface area contributed by atoms with Crippen LogP contribution in [-0.2, 0) is 9.59 Å². The molecule has 0 radical (unpaired) electrons.